The first-order valence-electron chi connectivity index (χ1n) is 9.02. The lowest BCUT2D eigenvalue weighted by Crippen LogP contribution is -2.20. The fourth-order valence-electron chi connectivity index (χ4n) is 3.46. The van der Waals surface area contributed by atoms with Crippen LogP contribution in [0.25, 0.3) is 22.2 Å². The molecule has 0 radical (unpaired) electrons. The van der Waals surface area contributed by atoms with Crippen molar-refractivity contribution >= 4 is 22.7 Å². The Hall–Kier alpha value is -4.18. The van der Waals surface area contributed by atoms with Crippen LogP contribution in [-0.4, -0.2) is 14.5 Å². The Labute approximate surface area is 167 Å². The van der Waals surface area contributed by atoms with E-state index in [1.54, 1.807) is 0 Å². The van der Waals surface area contributed by atoms with E-state index in [9.17, 15) is 10.1 Å². The zero-order valence-corrected chi connectivity index (χ0v) is 15.8. The number of fused-ring (bicyclic) bond motifs is 1. The molecular formula is C22H18N6O. The molecule has 7 heteroatoms. The van der Waals surface area contributed by atoms with E-state index in [0.29, 0.717) is 16.8 Å². The van der Waals surface area contributed by atoms with Crippen LogP contribution in [0.5, 0.6) is 0 Å². The maximum Gasteiger partial charge on any atom is 0.222 e. The summed E-state index contributed by atoms with van der Waals surface area (Å²) in [6, 6.07) is 19.3. The molecule has 0 unspecified atom stereocenters. The molecule has 0 spiro atoms. The van der Waals surface area contributed by atoms with Gasteiger partial charge < -0.3 is 15.6 Å². The van der Waals surface area contributed by atoms with Crippen LogP contribution in [0.3, 0.4) is 0 Å². The molecule has 0 amide bonds. The molecule has 3 N–H and O–H groups in total. The van der Waals surface area contributed by atoms with E-state index in [2.05, 4.69) is 15.3 Å². The molecule has 2 aromatic carbocycles. The number of aromatic nitrogens is 3. The molecule has 0 aliphatic heterocycles. The van der Waals surface area contributed by atoms with Gasteiger partial charge >= 0.3 is 0 Å². The molecule has 2 aromatic heterocycles. The number of pyridine rings is 1. The topological polar surface area (TPSA) is 110 Å². The normalized spacial score (nSPS) is 10.6. The second kappa shape index (κ2) is 7.44. The summed E-state index contributed by atoms with van der Waals surface area (Å²) in [5.41, 5.74) is 9.03. The highest BCUT2D eigenvalue weighted by Gasteiger charge is 2.17. The molecule has 0 aliphatic carbocycles. The van der Waals surface area contributed by atoms with Crippen LogP contribution in [-0.2, 0) is 13.6 Å². The van der Waals surface area contributed by atoms with Gasteiger partial charge in [-0.05, 0) is 17.7 Å². The van der Waals surface area contributed by atoms with Crippen molar-refractivity contribution in [3.8, 4) is 17.3 Å². The first-order valence-corrected chi connectivity index (χ1v) is 9.02. The van der Waals surface area contributed by atoms with Gasteiger partial charge in [-0.1, -0.05) is 42.5 Å². The van der Waals surface area contributed by atoms with Crippen LogP contribution in [0.2, 0.25) is 0 Å². The summed E-state index contributed by atoms with van der Waals surface area (Å²) in [4.78, 5) is 21.3. The zero-order chi connectivity index (χ0) is 20.4. The van der Waals surface area contributed by atoms with Gasteiger partial charge in [0.2, 0.25) is 5.95 Å². The number of hydrogen-bond donors (Lipinski definition) is 2. The summed E-state index contributed by atoms with van der Waals surface area (Å²) < 4.78 is 2.02. The highest BCUT2D eigenvalue weighted by Crippen LogP contribution is 2.26. The van der Waals surface area contributed by atoms with E-state index < -0.39 is 0 Å². The summed E-state index contributed by atoms with van der Waals surface area (Å²) in [6.07, 6.45) is 1.36. The molecular weight excluding hydrogens is 364 g/mol. The maximum atomic E-state index is 13.3. The zero-order valence-electron chi connectivity index (χ0n) is 15.8. The van der Waals surface area contributed by atoms with Crippen LogP contribution in [0.1, 0.15) is 11.1 Å². The molecule has 4 rings (SSSR count). The van der Waals surface area contributed by atoms with Crippen molar-refractivity contribution < 1.29 is 0 Å². The van der Waals surface area contributed by atoms with Crippen LogP contribution in [0, 0.1) is 11.3 Å². The summed E-state index contributed by atoms with van der Waals surface area (Å²) in [5.74, 6) is 0.357. The van der Waals surface area contributed by atoms with Gasteiger partial charge in [0.05, 0.1) is 17.4 Å². The Kier molecular flexibility index (Phi) is 4.67. The van der Waals surface area contributed by atoms with Crippen molar-refractivity contribution in [2.75, 3.05) is 11.1 Å². The van der Waals surface area contributed by atoms with Gasteiger partial charge in [-0.15, -0.1) is 0 Å². The van der Waals surface area contributed by atoms with Gasteiger partial charge in [-0.2, -0.15) is 10.2 Å². The van der Waals surface area contributed by atoms with Crippen molar-refractivity contribution in [3.05, 3.63) is 82.1 Å². The molecule has 142 valence electrons. The van der Waals surface area contributed by atoms with Crippen molar-refractivity contribution in [2.24, 2.45) is 7.05 Å². The van der Waals surface area contributed by atoms with Gasteiger partial charge in [-0.25, -0.2) is 4.98 Å². The fraction of sp³-hybridized carbons (Fsp3) is 0.0909. The second-order valence-corrected chi connectivity index (χ2v) is 6.55. The lowest BCUT2D eigenvalue weighted by molar-refractivity contribution is 0.931. The standard InChI is InChI=1S/C22H18N6O/c1-28-18-10-6-5-9-16(18)20(29)17(19(28)14-7-3-2-4-8-14)13-25-21-15(11-23)12-26-22(24)27-21/h2-10,12H,13H2,1H3,(H3,24,25,26,27). The molecule has 0 aliphatic rings. The van der Waals surface area contributed by atoms with Crippen LogP contribution >= 0.6 is 0 Å². The van der Waals surface area contributed by atoms with Crippen molar-refractivity contribution in [1.82, 2.24) is 14.5 Å². The summed E-state index contributed by atoms with van der Waals surface area (Å²) >= 11 is 0. The number of anilines is 2. The number of para-hydroxylation sites is 1. The number of nitrogens with one attached hydrogen (secondary N) is 1. The largest absolute Gasteiger partial charge is 0.368 e. The SMILES string of the molecule is Cn1c(-c2ccccc2)c(CNc2nc(N)ncc2C#N)c(=O)c2ccccc21. The number of aryl methyl sites for hydroxylation is 1. The van der Waals surface area contributed by atoms with E-state index in [4.69, 9.17) is 5.73 Å². The van der Waals surface area contributed by atoms with Gasteiger partial charge in [0.1, 0.15) is 17.5 Å². The van der Waals surface area contributed by atoms with E-state index in [0.717, 1.165) is 16.8 Å². The van der Waals surface area contributed by atoms with E-state index in [1.807, 2.05) is 72.3 Å². The van der Waals surface area contributed by atoms with E-state index >= 15 is 0 Å². The lowest BCUT2D eigenvalue weighted by atomic mass is 10.0. The predicted octanol–water partition coefficient (Wildman–Crippen LogP) is 3.06. The quantitative estimate of drug-likeness (QED) is 0.561. The lowest BCUT2D eigenvalue weighted by Gasteiger charge is -2.18. The Balaban J connectivity index is 1.90. The molecule has 0 atom stereocenters. The maximum absolute atomic E-state index is 13.3. The summed E-state index contributed by atoms with van der Waals surface area (Å²) in [7, 11) is 1.94. The van der Waals surface area contributed by atoms with Gasteiger partial charge in [-0.3, -0.25) is 4.79 Å². The highest BCUT2D eigenvalue weighted by molar-refractivity contribution is 5.84. The number of nitrogens with two attached hydrogens (primary N) is 1. The molecule has 0 saturated heterocycles. The Morgan fingerprint density at radius 2 is 1.86 bits per heavy atom. The third-order valence-electron chi connectivity index (χ3n) is 4.81. The minimum absolute atomic E-state index is 0.0567. The molecule has 7 nitrogen and oxygen atoms in total. The van der Waals surface area contributed by atoms with Crippen molar-refractivity contribution in [3.63, 3.8) is 0 Å². The average molecular weight is 382 g/mol. The van der Waals surface area contributed by atoms with E-state index in [-0.39, 0.29) is 23.5 Å². The molecule has 29 heavy (non-hydrogen) atoms. The van der Waals surface area contributed by atoms with Crippen LogP contribution < -0.4 is 16.5 Å². The number of nitriles is 1. The Bertz CT molecular complexity index is 1300. The minimum Gasteiger partial charge on any atom is -0.368 e. The van der Waals surface area contributed by atoms with Crippen LogP contribution in [0.15, 0.2) is 65.6 Å². The molecule has 4 aromatic rings. The number of hydrogen-bond acceptors (Lipinski definition) is 6. The smallest absolute Gasteiger partial charge is 0.222 e. The highest BCUT2D eigenvalue weighted by atomic mass is 16.1. The second-order valence-electron chi connectivity index (χ2n) is 6.55. The molecule has 0 fully saturated rings. The van der Waals surface area contributed by atoms with Gasteiger partial charge in [0.25, 0.3) is 0 Å². The molecule has 2 heterocycles. The molecule has 0 bridgehead atoms. The van der Waals surface area contributed by atoms with Gasteiger partial charge in [0, 0.05) is 24.5 Å². The monoisotopic (exact) mass is 382 g/mol. The van der Waals surface area contributed by atoms with Crippen LogP contribution in [0.4, 0.5) is 11.8 Å². The Morgan fingerprint density at radius 3 is 2.62 bits per heavy atom. The number of benzene rings is 2. The van der Waals surface area contributed by atoms with Crippen molar-refractivity contribution in [1.29, 1.82) is 5.26 Å². The number of rotatable bonds is 4. The van der Waals surface area contributed by atoms with Crippen molar-refractivity contribution in [2.45, 2.75) is 6.54 Å². The fourth-order valence-corrected chi connectivity index (χ4v) is 3.46. The van der Waals surface area contributed by atoms with E-state index in [1.165, 1.54) is 6.20 Å². The average Bonchev–Trinajstić information content (AvgIpc) is 2.76. The predicted molar refractivity (Wildman–Crippen MR) is 113 cm³/mol. The third-order valence-corrected chi connectivity index (χ3v) is 4.81. The van der Waals surface area contributed by atoms with Gasteiger partial charge in [0.15, 0.2) is 5.43 Å². The first kappa shape index (κ1) is 18.2. The first-order chi connectivity index (χ1) is 14.1. The minimum atomic E-state index is -0.0643. The Morgan fingerprint density at radius 1 is 1.14 bits per heavy atom. The molecule has 0 saturated carbocycles. The number of nitrogens with zero attached hydrogens (tertiary/aromatic N) is 4. The summed E-state index contributed by atoms with van der Waals surface area (Å²) in [5, 5.41) is 13.0. The third kappa shape index (κ3) is 3.28. The summed E-state index contributed by atoms with van der Waals surface area (Å²) in [6.45, 7) is 0.187. The number of nitrogen functional groups attached to an aromatic ring is 1.